The van der Waals surface area contributed by atoms with E-state index < -0.39 is 0 Å². The minimum atomic E-state index is -0.194. The first-order valence-electron chi connectivity index (χ1n) is 8.74. The number of ether oxygens (including phenoxy) is 1. The molecule has 0 aliphatic carbocycles. The number of carbonyl (C=O) groups is 1. The zero-order valence-electron chi connectivity index (χ0n) is 14.4. The van der Waals surface area contributed by atoms with Crippen molar-refractivity contribution in [2.45, 2.75) is 25.9 Å². The predicted octanol–water partition coefficient (Wildman–Crippen LogP) is 2.66. The Morgan fingerprint density at radius 1 is 1.28 bits per heavy atom. The van der Waals surface area contributed by atoms with Gasteiger partial charge in [0.2, 0.25) is 5.95 Å². The van der Waals surface area contributed by atoms with Crippen LogP contribution in [0.15, 0.2) is 23.0 Å². The van der Waals surface area contributed by atoms with E-state index in [1.165, 1.54) is 12.8 Å². The lowest BCUT2D eigenvalue weighted by molar-refractivity contribution is -0.0247. The summed E-state index contributed by atoms with van der Waals surface area (Å²) in [4.78, 5) is 26.0. The monoisotopic (exact) mass is 358 g/mol. The molecule has 0 radical (unpaired) electrons. The predicted molar refractivity (Wildman–Crippen MR) is 97.1 cm³/mol. The number of aryl methyl sites for hydroxylation is 1. The number of nitrogens with zero attached hydrogens (tertiary/aromatic N) is 4. The minimum absolute atomic E-state index is 0.0841. The summed E-state index contributed by atoms with van der Waals surface area (Å²) in [6, 6.07) is 1.90. The molecular weight excluding hydrogens is 336 g/mol. The molecule has 2 aromatic heterocycles. The van der Waals surface area contributed by atoms with Gasteiger partial charge in [-0.1, -0.05) is 0 Å². The van der Waals surface area contributed by atoms with Gasteiger partial charge in [-0.25, -0.2) is 9.97 Å². The molecule has 132 valence electrons. The number of anilines is 1. The molecular formula is C18H22N4O2S. The highest BCUT2D eigenvalue weighted by Gasteiger charge is 2.28. The summed E-state index contributed by atoms with van der Waals surface area (Å²) >= 11 is 1.57. The summed E-state index contributed by atoms with van der Waals surface area (Å²) < 4.78 is 5.91. The summed E-state index contributed by atoms with van der Waals surface area (Å²) in [6.07, 6.45) is 3.98. The van der Waals surface area contributed by atoms with Gasteiger partial charge in [-0.05, 0) is 36.8 Å². The van der Waals surface area contributed by atoms with Gasteiger partial charge < -0.3 is 14.5 Å². The van der Waals surface area contributed by atoms with Crippen molar-refractivity contribution >= 4 is 23.2 Å². The van der Waals surface area contributed by atoms with Crippen molar-refractivity contribution in [3.63, 3.8) is 0 Å². The van der Waals surface area contributed by atoms with Crippen LogP contribution in [0.3, 0.4) is 0 Å². The van der Waals surface area contributed by atoms with Crippen LogP contribution in [0.25, 0.3) is 0 Å². The van der Waals surface area contributed by atoms with Crippen molar-refractivity contribution < 1.29 is 9.53 Å². The molecule has 1 atom stereocenters. The Morgan fingerprint density at radius 3 is 2.88 bits per heavy atom. The Labute approximate surface area is 151 Å². The third-order valence-electron chi connectivity index (χ3n) is 4.82. The molecule has 2 aliphatic heterocycles. The van der Waals surface area contributed by atoms with Crippen LogP contribution in [0.2, 0.25) is 0 Å². The smallest absolute Gasteiger partial charge is 0.255 e. The molecule has 0 saturated carbocycles. The molecule has 2 aliphatic rings. The Balaban J connectivity index is 1.50. The second-order valence-electron chi connectivity index (χ2n) is 6.55. The first-order valence-corrected chi connectivity index (χ1v) is 9.68. The fourth-order valence-corrected chi connectivity index (χ4v) is 4.20. The molecule has 4 rings (SSSR count). The maximum atomic E-state index is 12.8. The lowest BCUT2D eigenvalue weighted by Crippen LogP contribution is -2.42. The van der Waals surface area contributed by atoms with Crippen molar-refractivity contribution in [3.05, 3.63) is 39.8 Å². The fourth-order valence-electron chi connectivity index (χ4n) is 3.37. The fraction of sp³-hybridized carbons (Fsp3) is 0.500. The summed E-state index contributed by atoms with van der Waals surface area (Å²) in [6.45, 7) is 5.68. The van der Waals surface area contributed by atoms with Crippen LogP contribution in [0.5, 0.6) is 0 Å². The van der Waals surface area contributed by atoms with E-state index in [-0.39, 0.29) is 12.0 Å². The summed E-state index contributed by atoms with van der Waals surface area (Å²) in [5.74, 6) is 0.858. The van der Waals surface area contributed by atoms with Gasteiger partial charge in [0.05, 0.1) is 24.4 Å². The van der Waals surface area contributed by atoms with Gasteiger partial charge in [0.1, 0.15) is 6.10 Å². The number of morpholine rings is 1. The molecule has 2 fully saturated rings. The van der Waals surface area contributed by atoms with Crippen molar-refractivity contribution in [2.75, 3.05) is 37.7 Å². The number of hydrogen-bond donors (Lipinski definition) is 0. The van der Waals surface area contributed by atoms with Crippen LogP contribution in [0.4, 0.5) is 5.95 Å². The van der Waals surface area contributed by atoms with E-state index >= 15 is 0 Å². The topological polar surface area (TPSA) is 58.6 Å². The van der Waals surface area contributed by atoms with Crippen LogP contribution in [0, 0.1) is 6.92 Å². The third kappa shape index (κ3) is 3.39. The van der Waals surface area contributed by atoms with E-state index in [2.05, 4.69) is 9.88 Å². The first kappa shape index (κ1) is 16.5. The number of thiophene rings is 1. The highest BCUT2D eigenvalue weighted by atomic mass is 32.1. The molecule has 1 amide bonds. The molecule has 2 saturated heterocycles. The molecule has 25 heavy (non-hydrogen) atoms. The number of rotatable bonds is 3. The second kappa shape index (κ2) is 7.09. The zero-order valence-corrected chi connectivity index (χ0v) is 15.2. The van der Waals surface area contributed by atoms with Crippen LogP contribution < -0.4 is 4.90 Å². The molecule has 7 heteroatoms. The normalized spacial score (nSPS) is 20.9. The number of amides is 1. The first-order chi connectivity index (χ1) is 12.2. The number of carbonyl (C=O) groups excluding carboxylic acids is 1. The lowest BCUT2D eigenvalue weighted by Gasteiger charge is -2.33. The van der Waals surface area contributed by atoms with E-state index in [1.54, 1.807) is 17.5 Å². The zero-order chi connectivity index (χ0) is 17.2. The standard InChI is InChI=1S/C18H22N4O2S/c1-13-11-25-12-14(13)17(23)22-8-9-24-16(10-22)15-4-5-19-18(20-15)21-6-2-3-7-21/h4-5,11-12,16H,2-3,6-10H2,1H3/t16-/m0/s1. The van der Waals surface area contributed by atoms with Crippen LogP contribution >= 0.6 is 11.3 Å². The van der Waals surface area contributed by atoms with Gasteiger partial charge in [0.25, 0.3) is 5.91 Å². The van der Waals surface area contributed by atoms with Gasteiger partial charge in [-0.15, -0.1) is 0 Å². The summed E-state index contributed by atoms with van der Waals surface area (Å²) in [5, 5.41) is 3.94. The van der Waals surface area contributed by atoms with Crippen LogP contribution in [-0.4, -0.2) is 53.6 Å². The van der Waals surface area contributed by atoms with E-state index in [9.17, 15) is 4.79 Å². The Kier molecular flexibility index (Phi) is 4.67. The van der Waals surface area contributed by atoms with Crippen molar-refractivity contribution in [1.29, 1.82) is 0 Å². The number of hydrogen-bond acceptors (Lipinski definition) is 6. The van der Waals surface area contributed by atoms with Crippen LogP contribution in [0.1, 0.15) is 40.6 Å². The van der Waals surface area contributed by atoms with Crippen molar-refractivity contribution in [1.82, 2.24) is 14.9 Å². The van der Waals surface area contributed by atoms with Gasteiger partial charge >= 0.3 is 0 Å². The van der Waals surface area contributed by atoms with Gasteiger partial charge in [0, 0.05) is 31.2 Å². The highest BCUT2D eigenvalue weighted by molar-refractivity contribution is 7.08. The summed E-state index contributed by atoms with van der Waals surface area (Å²) in [5.41, 5.74) is 2.69. The summed E-state index contributed by atoms with van der Waals surface area (Å²) in [7, 11) is 0. The molecule has 0 N–H and O–H groups in total. The number of aromatic nitrogens is 2. The second-order valence-corrected chi connectivity index (χ2v) is 7.30. The van der Waals surface area contributed by atoms with E-state index in [1.807, 2.05) is 28.7 Å². The molecule has 4 heterocycles. The van der Waals surface area contributed by atoms with Crippen LogP contribution in [-0.2, 0) is 4.74 Å². The van der Waals surface area contributed by atoms with Gasteiger partial charge in [-0.3, -0.25) is 4.79 Å². The Morgan fingerprint density at radius 2 is 2.12 bits per heavy atom. The quantitative estimate of drug-likeness (QED) is 0.844. The molecule has 2 aromatic rings. The maximum Gasteiger partial charge on any atom is 0.255 e. The maximum absolute atomic E-state index is 12.8. The highest BCUT2D eigenvalue weighted by Crippen LogP contribution is 2.25. The Hall–Kier alpha value is -1.99. The average Bonchev–Trinajstić information content (AvgIpc) is 3.33. The van der Waals surface area contributed by atoms with Gasteiger partial charge in [-0.2, -0.15) is 11.3 Å². The molecule has 6 nitrogen and oxygen atoms in total. The minimum Gasteiger partial charge on any atom is -0.368 e. The van der Waals surface area contributed by atoms with Gasteiger partial charge in [0.15, 0.2) is 0 Å². The molecule has 0 spiro atoms. The SMILES string of the molecule is Cc1cscc1C(=O)N1CCO[C@H](c2ccnc(N3CCCC3)n2)C1. The molecule has 0 aromatic carbocycles. The van der Waals surface area contributed by atoms with E-state index in [4.69, 9.17) is 9.72 Å². The van der Waals surface area contributed by atoms with E-state index in [0.29, 0.717) is 19.7 Å². The molecule has 0 bridgehead atoms. The molecule has 0 unspecified atom stereocenters. The van der Waals surface area contributed by atoms with Crippen molar-refractivity contribution in [3.8, 4) is 0 Å². The van der Waals surface area contributed by atoms with Crippen molar-refractivity contribution in [2.24, 2.45) is 0 Å². The lowest BCUT2D eigenvalue weighted by atomic mass is 10.1. The van der Waals surface area contributed by atoms with E-state index in [0.717, 1.165) is 35.9 Å². The Bertz CT molecular complexity index is 757. The average molecular weight is 358 g/mol. The largest absolute Gasteiger partial charge is 0.368 e. The third-order valence-corrected chi connectivity index (χ3v) is 5.68.